The van der Waals surface area contributed by atoms with Crippen molar-refractivity contribution in [2.75, 3.05) is 57.8 Å². The summed E-state index contributed by atoms with van der Waals surface area (Å²) in [6.07, 6.45) is 8.00. The molecule has 0 bridgehead atoms. The minimum absolute atomic E-state index is 0.0655. The third-order valence-electron chi connectivity index (χ3n) is 11.6. The van der Waals surface area contributed by atoms with E-state index in [2.05, 4.69) is 25.2 Å². The summed E-state index contributed by atoms with van der Waals surface area (Å²) in [6.45, 7) is 8.67. The average molecular weight is 621 g/mol. The summed E-state index contributed by atoms with van der Waals surface area (Å²) in [5, 5.41) is 10.7. The summed E-state index contributed by atoms with van der Waals surface area (Å²) in [4.78, 5) is 19.3. The molecule has 1 amide bonds. The Morgan fingerprint density at radius 2 is 1.89 bits per heavy atom. The van der Waals surface area contributed by atoms with Crippen molar-refractivity contribution in [3.63, 3.8) is 0 Å². The van der Waals surface area contributed by atoms with E-state index in [1.54, 1.807) is 13.0 Å². The fraction of sp³-hybridized carbons (Fsp3) is 0.647. The number of carbonyl (C=O) groups excluding carboxylic acids is 1. The molecule has 1 aromatic carbocycles. The average Bonchev–Trinajstić information content (AvgIpc) is 3.77. The molecule has 8 rings (SSSR count). The van der Waals surface area contributed by atoms with E-state index in [4.69, 9.17) is 5.10 Å². The molecule has 242 valence electrons. The number of rotatable bonds is 5. The van der Waals surface area contributed by atoms with Gasteiger partial charge in [0.05, 0.1) is 12.6 Å². The van der Waals surface area contributed by atoms with Gasteiger partial charge in [-0.05, 0) is 79.2 Å². The van der Waals surface area contributed by atoms with Gasteiger partial charge in [-0.15, -0.1) is 0 Å². The second-order valence-electron chi connectivity index (χ2n) is 14.4. The third-order valence-corrected chi connectivity index (χ3v) is 11.6. The van der Waals surface area contributed by atoms with E-state index >= 15 is 0 Å². The Labute approximate surface area is 264 Å². The van der Waals surface area contributed by atoms with Gasteiger partial charge in [-0.1, -0.05) is 0 Å². The van der Waals surface area contributed by atoms with Crippen molar-refractivity contribution >= 4 is 23.0 Å². The minimum atomic E-state index is -2.58. The molecule has 11 heteroatoms. The number of amides is 1. The molecule has 2 aromatic rings. The number of nitrogens with zero attached hydrogens (tertiary/aromatic N) is 6. The SMILES string of the molecule is CC(=O)N1CCc2c(c(N3CCCc4cc(C5=CN(C)NC5)c(C(F)F)cc43)nn2C2CCN(C3CCC4(CNC4)C3)CC2)C1. The molecule has 5 aliphatic heterocycles. The molecule has 6 heterocycles. The maximum absolute atomic E-state index is 14.6. The van der Waals surface area contributed by atoms with Gasteiger partial charge in [0.15, 0.2) is 5.82 Å². The van der Waals surface area contributed by atoms with Gasteiger partial charge in [0.2, 0.25) is 5.91 Å². The van der Waals surface area contributed by atoms with E-state index < -0.39 is 6.43 Å². The standard InChI is InChI=1S/C34H46F2N8O/c1-22(45)42-13-8-30-29(19-42)33(39-44(30)25-6-11-41(12-7-25)26-5-9-34(16-26)20-37-21-34)43-10-3-4-23-14-27(24-17-38-40(2)18-24)28(32(35)36)15-31(23)43/h14-15,18,25-26,32,37-38H,3-13,16-17,19-21H2,1-2H3. The number of hydrazine groups is 1. The van der Waals surface area contributed by atoms with Crippen LogP contribution in [-0.2, 0) is 24.2 Å². The van der Waals surface area contributed by atoms with Crippen LogP contribution < -0.4 is 15.6 Å². The number of hydrogen-bond acceptors (Lipinski definition) is 7. The maximum atomic E-state index is 14.6. The lowest BCUT2D eigenvalue weighted by Crippen LogP contribution is -2.53. The Balaban J connectivity index is 1.11. The fourth-order valence-electron chi connectivity index (χ4n) is 9.03. The van der Waals surface area contributed by atoms with Gasteiger partial charge in [-0.2, -0.15) is 5.10 Å². The third kappa shape index (κ3) is 5.15. The van der Waals surface area contributed by atoms with Crippen LogP contribution in [-0.4, -0.2) is 89.4 Å². The highest BCUT2D eigenvalue weighted by Gasteiger charge is 2.46. The summed E-state index contributed by atoms with van der Waals surface area (Å²) < 4.78 is 31.5. The zero-order valence-corrected chi connectivity index (χ0v) is 26.6. The molecule has 1 spiro atoms. The van der Waals surface area contributed by atoms with E-state index in [-0.39, 0.29) is 11.5 Å². The smallest absolute Gasteiger partial charge is 0.264 e. The Morgan fingerprint density at radius 3 is 2.56 bits per heavy atom. The van der Waals surface area contributed by atoms with Gasteiger partial charge in [0, 0.05) is 101 Å². The number of benzene rings is 1. The van der Waals surface area contributed by atoms with Crippen molar-refractivity contribution in [1.29, 1.82) is 0 Å². The molecule has 2 N–H and O–H groups in total. The number of carbonyl (C=O) groups is 1. The number of piperidine rings is 1. The Kier molecular flexibility index (Phi) is 7.41. The van der Waals surface area contributed by atoms with Gasteiger partial charge in [-0.25, -0.2) is 14.2 Å². The molecular formula is C34H46F2N8O. The van der Waals surface area contributed by atoms with E-state index in [0.717, 1.165) is 79.9 Å². The van der Waals surface area contributed by atoms with E-state index in [9.17, 15) is 13.6 Å². The summed E-state index contributed by atoms with van der Waals surface area (Å²) >= 11 is 0. The van der Waals surface area contributed by atoms with Gasteiger partial charge in [0.1, 0.15) is 0 Å². The lowest BCUT2D eigenvalue weighted by Gasteiger charge is -2.41. The second-order valence-corrected chi connectivity index (χ2v) is 14.4. The first kappa shape index (κ1) is 29.4. The number of halogens is 2. The van der Waals surface area contributed by atoms with Crippen LogP contribution in [0.5, 0.6) is 0 Å². The molecule has 2 saturated heterocycles. The summed E-state index contributed by atoms with van der Waals surface area (Å²) in [5.41, 5.74) is 9.57. The first-order chi connectivity index (χ1) is 21.8. The zero-order chi connectivity index (χ0) is 30.9. The first-order valence-electron chi connectivity index (χ1n) is 17.0. The maximum Gasteiger partial charge on any atom is 0.264 e. The number of fused-ring (bicyclic) bond motifs is 2. The van der Waals surface area contributed by atoms with Crippen molar-refractivity contribution in [2.45, 2.75) is 83.3 Å². The number of anilines is 2. The quantitative estimate of drug-likeness (QED) is 0.514. The monoisotopic (exact) mass is 620 g/mol. The van der Waals surface area contributed by atoms with Crippen molar-refractivity contribution < 1.29 is 13.6 Å². The summed E-state index contributed by atoms with van der Waals surface area (Å²) in [6, 6.07) is 4.73. The topological polar surface area (TPSA) is 71.9 Å². The van der Waals surface area contributed by atoms with Gasteiger partial charge in [-0.3, -0.25) is 9.48 Å². The van der Waals surface area contributed by atoms with E-state index in [1.807, 2.05) is 29.2 Å². The second kappa shape index (κ2) is 11.3. The highest BCUT2D eigenvalue weighted by Crippen LogP contribution is 2.45. The predicted molar refractivity (Wildman–Crippen MR) is 170 cm³/mol. The lowest BCUT2D eigenvalue weighted by atomic mass is 9.80. The van der Waals surface area contributed by atoms with E-state index in [0.29, 0.717) is 42.7 Å². The molecule has 1 aromatic heterocycles. The highest BCUT2D eigenvalue weighted by atomic mass is 19.3. The Bertz CT molecular complexity index is 1510. The van der Waals surface area contributed by atoms with Crippen LogP contribution in [0, 0.1) is 5.41 Å². The molecule has 1 aliphatic carbocycles. The number of alkyl halides is 2. The lowest BCUT2D eigenvalue weighted by molar-refractivity contribution is -0.129. The molecule has 3 fully saturated rings. The molecule has 1 unspecified atom stereocenters. The summed E-state index contributed by atoms with van der Waals surface area (Å²) in [7, 11) is 1.89. The summed E-state index contributed by atoms with van der Waals surface area (Å²) in [5.74, 6) is 0.916. The van der Waals surface area contributed by atoms with Gasteiger partial charge < -0.3 is 25.0 Å². The molecular weight excluding hydrogens is 574 g/mol. The zero-order valence-electron chi connectivity index (χ0n) is 26.6. The van der Waals surface area contributed by atoms with Crippen LogP contribution in [0.4, 0.5) is 20.3 Å². The number of likely N-dealkylation sites (tertiary alicyclic amines) is 1. The van der Waals surface area contributed by atoms with Crippen molar-refractivity contribution in [3.05, 3.63) is 46.3 Å². The predicted octanol–water partition coefficient (Wildman–Crippen LogP) is 4.38. The first-order valence-corrected chi connectivity index (χ1v) is 17.0. The van der Waals surface area contributed by atoms with Crippen LogP contribution in [0.15, 0.2) is 18.3 Å². The molecule has 9 nitrogen and oxygen atoms in total. The Hall–Kier alpha value is -3.02. The van der Waals surface area contributed by atoms with E-state index in [1.165, 1.54) is 38.0 Å². The van der Waals surface area contributed by atoms with Crippen LogP contribution in [0.3, 0.4) is 0 Å². The number of aromatic nitrogens is 2. The minimum Gasteiger partial charge on any atom is -0.338 e. The van der Waals surface area contributed by atoms with Crippen LogP contribution >= 0.6 is 0 Å². The van der Waals surface area contributed by atoms with Crippen LogP contribution in [0.25, 0.3) is 5.57 Å². The number of nitrogens with one attached hydrogen (secondary N) is 2. The van der Waals surface area contributed by atoms with Crippen molar-refractivity contribution in [2.24, 2.45) is 5.41 Å². The largest absolute Gasteiger partial charge is 0.338 e. The molecule has 6 aliphatic rings. The van der Waals surface area contributed by atoms with Crippen LogP contribution in [0.1, 0.15) is 85.9 Å². The van der Waals surface area contributed by atoms with Gasteiger partial charge in [0.25, 0.3) is 6.43 Å². The van der Waals surface area contributed by atoms with Crippen LogP contribution in [0.2, 0.25) is 0 Å². The highest BCUT2D eigenvalue weighted by molar-refractivity contribution is 5.78. The normalized spacial score (nSPS) is 25.1. The molecule has 1 saturated carbocycles. The van der Waals surface area contributed by atoms with Gasteiger partial charge >= 0.3 is 0 Å². The number of hydrogen-bond donors (Lipinski definition) is 2. The Morgan fingerprint density at radius 1 is 1.07 bits per heavy atom. The van der Waals surface area contributed by atoms with Crippen molar-refractivity contribution in [1.82, 2.24) is 35.3 Å². The molecule has 45 heavy (non-hydrogen) atoms. The molecule has 0 radical (unpaired) electrons. The molecule has 1 atom stereocenters. The van der Waals surface area contributed by atoms with Crippen molar-refractivity contribution in [3.8, 4) is 0 Å². The number of aryl methyl sites for hydroxylation is 1. The fourth-order valence-corrected chi connectivity index (χ4v) is 9.03.